The van der Waals surface area contributed by atoms with Crippen LogP contribution in [0.1, 0.15) is 21.8 Å². The summed E-state index contributed by atoms with van der Waals surface area (Å²) in [6, 6.07) is 16.4. The van der Waals surface area contributed by atoms with Crippen LogP contribution in [0.2, 0.25) is 4.34 Å². The number of amidine groups is 1. The van der Waals surface area contributed by atoms with Crippen LogP contribution in [0.4, 0.5) is 5.69 Å². The molecule has 0 bridgehead atoms. The van der Waals surface area contributed by atoms with E-state index in [2.05, 4.69) is 20.3 Å². The number of anilines is 1. The molecule has 1 amide bonds. The third-order valence-corrected chi connectivity index (χ3v) is 5.51. The molecule has 0 fully saturated rings. The van der Waals surface area contributed by atoms with Gasteiger partial charge in [0.15, 0.2) is 5.69 Å². The van der Waals surface area contributed by atoms with Gasteiger partial charge in [0.25, 0.3) is 11.9 Å². The molecule has 0 saturated carbocycles. The van der Waals surface area contributed by atoms with Crippen molar-refractivity contribution >= 4 is 52.2 Å². The zero-order valence-electron chi connectivity index (χ0n) is 16.3. The Labute approximate surface area is 187 Å². The molecule has 0 radical (unpaired) electrons. The normalized spacial score (nSPS) is 16.1. The van der Waals surface area contributed by atoms with Gasteiger partial charge in [0.05, 0.1) is 16.4 Å². The maximum atomic E-state index is 12.8. The number of halogens is 1. The van der Waals surface area contributed by atoms with E-state index < -0.39 is 18.1 Å². The summed E-state index contributed by atoms with van der Waals surface area (Å²) in [6.07, 6.45) is -1.21. The van der Waals surface area contributed by atoms with E-state index in [1.165, 1.54) is 11.3 Å². The molecule has 1 atom stereocenters. The van der Waals surface area contributed by atoms with E-state index in [9.17, 15) is 4.79 Å². The Hall–Kier alpha value is -3.56. The highest BCUT2D eigenvalue weighted by atomic mass is 35.5. The van der Waals surface area contributed by atoms with Gasteiger partial charge in [-0.05, 0) is 13.0 Å². The Morgan fingerprint density at radius 1 is 1.23 bits per heavy atom. The van der Waals surface area contributed by atoms with Crippen LogP contribution < -0.4 is 11.1 Å². The summed E-state index contributed by atoms with van der Waals surface area (Å²) >= 11 is 7.29. The molecule has 1 aliphatic heterocycles. The Balaban J connectivity index is 1.68. The van der Waals surface area contributed by atoms with E-state index in [0.717, 1.165) is 11.1 Å². The molecule has 4 N–H and O–H groups in total. The predicted molar refractivity (Wildman–Crippen MR) is 122 cm³/mol. The number of carbonyl (C=O) groups excluding carboxylic acids is 1. The molecule has 10 heteroatoms. The SMILES string of the molecule is Cc1nc(C(=N)O/C(N)=N/C2N=C(c3ccccc3)c3ccccc3NC2=O)c(Cl)s1. The zero-order chi connectivity index (χ0) is 22.0. The van der Waals surface area contributed by atoms with Crippen LogP contribution in [0.3, 0.4) is 0 Å². The highest BCUT2D eigenvalue weighted by Crippen LogP contribution is 2.25. The van der Waals surface area contributed by atoms with Crippen molar-refractivity contribution in [1.29, 1.82) is 5.41 Å². The number of thiazole rings is 1. The fraction of sp³-hybridized carbons (Fsp3) is 0.0952. The van der Waals surface area contributed by atoms with E-state index in [1.54, 1.807) is 13.0 Å². The van der Waals surface area contributed by atoms with Gasteiger partial charge in [0.1, 0.15) is 4.34 Å². The number of benzodiazepines with no additional fused rings is 1. The number of nitrogens with zero attached hydrogens (tertiary/aromatic N) is 3. The highest BCUT2D eigenvalue weighted by Gasteiger charge is 2.26. The summed E-state index contributed by atoms with van der Waals surface area (Å²) in [5.41, 5.74) is 8.82. The first kappa shape index (κ1) is 20.7. The molecular formula is C21H17ClN6O2S. The summed E-state index contributed by atoms with van der Waals surface area (Å²) < 4.78 is 5.57. The fourth-order valence-corrected chi connectivity index (χ4v) is 4.10. The Morgan fingerprint density at radius 2 is 1.94 bits per heavy atom. The van der Waals surface area contributed by atoms with E-state index >= 15 is 0 Å². The van der Waals surface area contributed by atoms with Crippen molar-refractivity contribution in [2.45, 2.75) is 13.1 Å². The number of hydrogen-bond donors (Lipinski definition) is 3. The molecule has 2 heterocycles. The van der Waals surface area contributed by atoms with E-state index in [4.69, 9.17) is 27.5 Å². The first-order valence-corrected chi connectivity index (χ1v) is 10.4. The standard InChI is InChI=1S/C21H17ClN6O2S/c1-11-25-16(17(22)31-11)18(23)30-21(24)28-19-20(29)26-14-10-6-5-9-13(14)15(27-19)12-7-3-2-4-8-12/h2-10,19,23H,1H3,(H2,24,28)(H,26,29). The number of amides is 1. The topological polar surface area (TPSA) is 126 Å². The minimum Gasteiger partial charge on any atom is -0.405 e. The zero-order valence-corrected chi connectivity index (χ0v) is 17.9. The lowest BCUT2D eigenvalue weighted by Gasteiger charge is -2.09. The number of benzene rings is 2. The second-order valence-electron chi connectivity index (χ2n) is 6.51. The smallest absolute Gasteiger partial charge is 0.291 e. The predicted octanol–water partition coefficient (Wildman–Crippen LogP) is 3.58. The first-order valence-electron chi connectivity index (χ1n) is 9.19. The third-order valence-electron chi connectivity index (χ3n) is 4.34. The van der Waals surface area contributed by atoms with Gasteiger partial charge in [0.2, 0.25) is 12.1 Å². The fourth-order valence-electron chi connectivity index (χ4n) is 3.00. The van der Waals surface area contributed by atoms with Crippen LogP contribution in [-0.4, -0.2) is 34.7 Å². The molecule has 1 aliphatic rings. The molecule has 0 saturated heterocycles. The van der Waals surface area contributed by atoms with Gasteiger partial charge in [-0.1, -0.05) is 60.1 Å². The van der Waals surface area contributed by atoms with Crippen molar-refractivity contribution in [3.8, 4) is 0 Å². The second-order valence-corrected chi connectivity index (χ2v) is 8.31. The van der Waals surface area contributed by atoms with Gasteiger partial charge in [-0.25, -0.2) is 9.98 Å². The lowest BCUT2D eigenvalue weighted by molar-refractivity contribution is -0.117. The highest BCUT2D eigenvalue weighted by molar-refractivity contribution is 7.16. The molecule has 1 aromatic heterocycles. The van der Waals surface area contributed by atoms with E-state index in [1.807, 2.05) is 48.5 Å². The molecule has 156 valence electrons. The molecule has 4 rings (SSSR count). The summed E-state index contributed by atoms with van der Waals surface area (Å²) in [4.78, 5) is 25.6. The Bertz CT molecular complexity index is 1220. The number of rotatable bonds is 3. The number of aliphatic imine (C=N–C) groups is 2. The number of para-hydroxylation sites is 1. The quantitative estimate of drug-likeness (QED) is 0.414. The largest absolute Gasteiger partial charge is 0.405 e. The molecule has 31 heavy (non-hydrogen) atoms. The summed E-state index contributed by atoms with van der Waals surface area (Å²) in [6.45, 7) is 1.76. The monoisotopic (exact) mass is 452 g/mol. The number of fused-ring (bicyclic) bond motifs is 1. The maximum Gasteiger partial charge on any atom is 0.291 e. The summed E-state index contributed by atoms with van der Waals surface area (Å²) in [5, 5.41) is 11.5. The van der Waals surface area contributed by atoms with Crippen LogP contribution >= 0.6 is 22.9 Å². The maximum absolute atomic E-state index is 12.8. The van der Waals surface area contributed by atoms with Crippen LogP contribution in [0, 0.1) is 12.3 Å². The minimum atomic E-state index is -1.21. The Kier molecular flexibility index (Phi) is 5.79. The van der Waals surface area contributed by atoms with Crippen molar-refractivity contribution in [3.63, 3.8) is 0 Å². The van der Waals surface area contributed by atoms with Crippen LogP contribution in [0.15, 0.2) is 64.6 Å². The molecule has 2 aromatic carbocycles. The summed E-state index contributed by atoms with van der Waals surface area (Å²) in [5.74, 6) is -0.834. The van der Waals surface area contributed by atoms with E-state index in [-0.39, 0.29) is 11.6 Å². The molecule has 0 aliphatic carbocycles. The number of nitrogens with two attached hydrogens (primary N) is 1. The van der Waals surface area contributed by atoms with Crippen LogP contribution in [-0.2, 0) is 9.53 Å². The van der Waals surface area contributed by atoms with Gasteiger partial charge < -0.3 is 15.8 Å². The lowest BCUT2D eigenvalue weighted by Crippen LogP contribution is -2.29. The minimum absolute atomic E-state index is 0.161. The number of ether oxygens (including phenoxy) is 1. The summed E-state index contributed by atoms with van der Waals surface area (Å²) in [7, 11) is 0. The third kappa shape index (κ3) is 4.47. The van der Waals surface area contributed by atoms with Gasteiger partial charge in [0, 0.05) is 11.1 Å². The number of aryl methyl sites for hydroxylation is 1. The van der Waals surface area contributed by atoms with Crippen LogP contribution in [0.5, 0.6) is 0 Å². The molecule has 3 aromatic rings. The molecular weight excluding hydrogens is 436 g/mol. The second kappa shape index (κ2) is 8.66. The van der Waals surface area contributed by atoms with Crippen LogP contribution in [0.25, 0.3) is 0 Å². The van der Waals surface area contributed by atoms with Gasteiger partial charge in [-0.15, -0.1) is 11.3 Å². The average Bonchev–Trinajstić information content (AvgIpc) is 3.03. The van der Waals surface area contributed by atoms with E-state index in [0.29, 0.717) is 20.7 Å². The van der Waals surface area contributed by atoms with Gasteiger partial charge >= 0.3 is 0 Å². The molecule has 8 nitrogen and oxygen atoms in total. The lowest BCUT2D eigenvalue weighted by atomic mass is 10.0. The van der Waals surface area contributed by atoms with Crippen molar-refractivity contribution in [3.05, 3.63) is 80.8 Å². The van der Waals surface area contributed by atoms with Crippen molar-refractivity contribution in [2.24, 2.45) is 15.7 Å². The van der Waals surface area contributed by atoms with Gasteiger partial charge in [-0.3, -0.25) is 10.2 Å². The first-order chi connectivity index (χ1) is 14.9. The molecule has 0 spiro atoms. The van der Waals surface area contributed by atoms with Crippen molar-refractivity contribution in [2.75, 3.05) is 5.32 Å². The van der Waals surface area contributed by atoms with Crippen molar-refractivity contribution in [1.82, 2.24) is 4.98 Å². The number of aromatic nitrogens is 1. The number of nitrogens with one attached hydrogen (secondary N) is 2. The Morgan fingerprint density at radius 3 is 2.65 bits per heavy atom. The number of hydrogen-bond acceptors (Lipinski definition) is 7. The molecule has 1 unspecified atom stereocenters. The van der Waals surface area contributed by atoms with Crippen molar-refractivity contribution < 1.29 is 9.53 Å². The number of carbonyl (C=O) groups is 1. The average molecular weight is 453 g/mol. The van der Waals surface area contributed by atoms with Gasteiger partial charge in [-0.2, -0.15) is 4.99 Å².